The zero-order chi connectivity index (χ0) is 28.6. The molecule has 6 aromatic carbocycles. The molecule has 2 aromatic heterocycles. The monoisotopic (exact) mass is 550 g/mol. The van der Waals surface area contributed by atoms with E-state index in [-0.39, 0.29) is 0 Å². The fraction of sp³-hybridized carbons (Fsp3) is 0. The third-order valence-corrected chi connectivity index (χ3v) is 7.91. The molecule has 0 spiro atoms. The third kappa shape index (κ3) is 4.67. The quantitative estimate of drug-likeness (QED) is 0.214. The van der Waals surface area contributed by atoms with Crippen molar-refractivity contribution >= 4 is 22.1 Å². The molecule has 0 bridgehead atoms. The van der Waals surface area contributed by atoms with E-state index >= 15 is 0 Å². The Kier molecular flexibility index (Phi) is 6.12. The zero-order valence-electron chi connectivity index (χ0n) is 23.3. The molecule has 0 saturated carbocycles. The van der Waals surface area contributed by atoms with Crippen LogP contribution in [0.3, 0.4) is 0 Å². The van der Waals surface area contributed by atoms with Crippen molar-refractivity contribution in [2.45, 2.75) is 0 Å². The molecular weight excluding hydrogens is 524 g/mol. The van der Waals surface area contributed by atoms with Gasteiger partial charge in [0.2, 0.25) is 5.71 Å². The second kappa shape index (κ2) is 10.6. The molecule has 43 heavy (non-hydrogen) atoms. The molecule has 0 aliphatic rings. The Balaban J connectivity index is 1.29. The highest BCUT2D eigenvalue weighted by Crippen LogP contribution is 2.38. The average molecular weight is 551 g/mol. The molecule has 0 amide bonds. The summed E-state index contributed by atoms with van der Waals surface area (Å²) in [6.07, 6.45) is 0. The van der Waals surface area contributed by atoms with E-state index in [0.29, 0.717) is 11.5 Å². The molecule has 8 rings (SSSR count). The van der Waals surface area contributed by atoms with Crippen LogP contribution in [0.5, 0.6) is 0 Å². The van der Waals surface area contributed by atoms with E-state index in [4.69, 9.17) is 14.4 Å². The summed E-state index contributed by atoms with van der Waals surface area (Å²) in [6.45, 7) is 0. The van der Waals surface area contributed by atoms with Gasteiger partial charge in [0.05, 0.1) is 11.1 Å². The first-order chi connectivity index (χ1) is 21.3. The van der Waals surface area contributed by atoms with Gasteiger partial charge in [0.15, 0.2) is 5.82 Å². The molecule has 0 radical (unpaired) electrons. The van der Waals surface area contributed by atoms with Crippen LogP contribution in [-0.2, 0) is 0 Å². The van der Waals surface area contributed by atoms with Gasteiger partial charge >= 0.3 is 0 Å². The molecule has 0 aliphatic carbocycles. The van der Waals surface area contributed by atoms with Crippen molar-refractivity contribution in [2.75, 3.05) is 0 Å². The summed E-state index contributed by atoms with van der Waals surface area (Å²) in [4.78, 5) is 10.2. The van der Waals surface area contributed by atoms with Gasteiger partial charge in [-0.25, -0.2) is 4.98 Å². The minimum atomic E-state index is 0.586. The van der Waals surface area contributed by atoms with Crippen molar-refractivity contribution in [3.63, 3.8) is 0 Å². The molecule has 3 heteroatoms. The first kappa shape index (κ1) is 25.0. The molecule has 0 unspecified atom stereocenters. The van der Waals surface area contributed by atoms with Gasteiger partial charge in [0, 0.05) is 16.5 Å². The lowest BCUT2D eigenvalue weighted by Crippen LogP contribution is -1.94. The van der Waals surface area contributed by atoms with Crippen LogP contribution in [0.4, 0.5) is 0 Å². The minimum Gasteiger partial charge on any atom is -0.438 e. The van der Waals surface area contributed by atoms with Crippen LogP contribution >= 0.6 is 0 Å². The van der Waals surface area contributed by atoms with Gasteiger partial charge in [-0.1, -0.05) is 133 Å². The summed E-state index contributed by atoms with van der Waals surface area (Å²) in [6, 6.07) is 54.6. The Morgan fingerprint density at radius 3 is 1.49 bits per heavy atom. The molecule has 2 heterocycles. The highest BCUT2D eigenvalue weighted by molar-refractivity contribution is 6.10. The second-order valence-corrected chi connectivity index (χ2v) is 10.6. The van der Waals surface area contributed by atoms with Gasteiger partial charge in [0.25, 0.3) is 0 Å². The van der Waals surface area contributed by atoms with E-state index in [2.05, 4.69) is 127 Å². The summed E-state index contributed by atoms with van der Waals surface area (Å²) < 4.78 is 6.32. The van der Waals surface area contributed by atoms with Crippen molar-refractivity contribution in [3.8, 4) is 56.0 Å². The van der Waals surface area contributed by atoms with Crippen LogP contribution in [0.2, 0.25) is 0 Å². The number of benzene rings is 6. The van der Waals surface area contributed by atoms with Crippen LogP contribution in [0.15, 0.2) is 162 Å². The third-order valence-electron chi connectivity index (χ3n) is 7.91. The molecule has 0 aliphatic heterocycles. The maximum atomic E-state index is 6.32. The van der Waals surface area contributed by atoms with Crippen LogP contribution in [-0.4, -0.2) is 9.97 Å². The second-order valence-electron chi connectivity index (χ2n) is 10.6. The number of fused-ring (bicyclic) bond motifs is 3. The van der Waals surface area contributed by atoms with E-state index < -0.39 is 0 Å². The fourth-order valence-corrected chi connectivity index (χ4v) is 5.78. The van der Waals surface area contributed by atoms with E-state index in [0.717, 1.165) is 55.4 Å². The molecular formula is C40H26N2O. The number of hydrogen-bond donors (Lipinski definition) is 0. The molecule has 0 saturated heterocycles. The van der Waals surface area contributed by atoms with Crippen LogP contribution in [0.25, 0.3) is 78.1 Å². The minimum absolute atomic E-state index is 0.586. The van der Waals surface area contributed by atoms with Crippen molar-refractivity contribution in [1.82, 2.24) is 9.97 Å². The number of furan rings is 1. The molecule has 8 aromatic rings. The fourth-order valence-electron chi connectivity index (χ4n) is 5.78. The summed E-state index contributed by atoms with van der Waals surface area (Å²) in [5, 5.41) is 1.94. The molecule has 0 fully saturated rings. The number of aromatic nitrogens is 2. The van der Waals surface area contributed by atoms with Crippen molar-refractivity contribution in [1.29, 1.82) is 0 Å². The summed E-state index contributed by atoms with van der Waals surface area (Å²) >= 11 is 0. The van der Waals surface area contributed by atoms with Crippen LogP contribution < -0.4 is 0 Å². The number of hydrogen-bond acceptors (Lipinski definition) is 3. The Bertz CT molecular complexity index is 2230. The molecule has 0 atom stereocenters. The van der Waals surface area contributed by atoms with Gasteiger partial charge < -0.3 is 4.42 Å². The molecule has 3 nitrogen and oxygen atoms in total. The lowest BCUT2D eigenvalue weighted by molar-refractivity contribution is 0.653. The zero-order valence-corrected chi connectivity index (χ0v) is 23.3. The maximum Gasteiger partial charge on any atom is 0.231 e. The highest BCUT2D eigenvalue weighted by Gasteiger charge is 2.18. The largest absolute Gasteiger partial charge is 0.438 e. The maximum absolute atomic E-state index is 6.32. The van der Waals surface area contributed by atoms with Crippen LogP contribution in [0.1, 0.15) is 0 Å². The van der Waals surface area contributed by atoms with Crippen LogP contribution in [0, 0.1) is 0 Å². The number of para-hydroxylation sites is 1. The van der Waals surface area contributed by atoms with Gasteiger partial charge in [0.1, 0.15) is 5.58 Å². The first-order valence-electron chi connectivity index (χ1n) is 14.4. The van der Waals surface area contributed by atoms with E-state index in [1.165, 1.54) is 11.1 Å². The Hall–Kier alpha value is -5.80. The number of rotatable bonds is 5. The summed E-state index contributed by atoms with van der Waals surface area (Å²) in [7, 11) is 0. The topological polar surface area (TPSA) is 38.9 Å². The predicted molar refractivity (Wildman–Crippen MR) is 176 cm³/mol. The normalized spacial score (nSPS) is 11.3. The first-order valence-corrected chi connectivity index (χ1v) is 14.4. The Morgan fingerprint density at radius 2 is 0.837 bits per heavy atom. The highest BCUT2D eigenvalue weighted by atomic mass is 16.3. The van der Waals surface area contributed by atoms with Gasteiger partial charge in [-0.15, -0.1) is 0 Å². The van der Waals surface area contributed by atoms with Crippen molar-refractivity contribution < 1.29 is 4.42 Å². The number of nitrogens with zero attached hydrogens (tertiary/aromatic N) is 2. The lowest BCUT2D eigenvalue weighted by Gasteiger charge is -2.10. The average Bonchev–Trinajstić information content (AvgIpc) is 3.47. The van der Waals surface area contributed by atoms with Gasteiger partial charge in [-0.2, -0.15) is 4.98 Å². The molecule has 0 N–H and O–H groups in total. The van der Waals surface area contributed by atoms with E-state index in [1.54, 1.807) is 0 Å². The predicted octanol–water partition coefficient (Wildman–Crippen LogP) is 10.7. The summed E-state index contributed by atoms with van der Waals surface area (Å²) in [5.41, 5.74) is 11.1. The van der Waals surface area contributed by atoms with Crippen molar-refractivity contribution in [2.24, 2.45) is 0 Å². The van der Waals surface area contributed by atoms with Gasteiger partial charge in [-0.3, -0.25) is 0 Å². The lowest BCUT2D eigenvalue weighted by atomic mass is 9.97. The van der Waals surface area contributed by atoms with Crippen molar-refractivity contribution in [3.05, 3.63) is 158 Å². The smallest absolute Gasteiger partial charge is 0.231 e. The van der Waals surface area contributed by atoms with E-state index in [9.17, 15) is 0 Å². The SMILES string of the molecule is c1ccc(-c2cccc(-c3cccc(-c4nc(-c5cccc(-c6ccccc6)c5)c5c(n4)oc4ccccc45)c3)c2)cc1. The standard InChI is InChI=1S/C40H26N2O/c1-3-12-27(13-4-1)29-16-9-18-31(24-29)32-19-11-21-34(26-32)39-41-38(37-35-22-7-8-23-36(35)43-40(37)42-39)33-20-10-17-30(25-33)28-14-5-2-6-15-28/h1-26H. The van der Waals surface area contributed by atoms with E-state index in [1.807, 2.05) is 30.3 Å². The molecule has 202 valence electrons. The summed E-state index contributed by atoms with van der Waals surface area (Å²) in [5.74, 6) is 0.632. The Labute approximate surface area is 249 Å². The van der Waals surface area contributed by atoms with Gasteiger partial charge in [-0.05, 0) is 57.6 Å². The Morgan fingerprint density at radius 1 is 0.372 bits per heavy atom.